The predicted molar refractivity (Wildman–Crippen MR) is 78.1 cm³/mol. The minimum absolute atomic E-state index is 0.177. The molecule has 1 aromatic heterocycles. The summed E-state index contributed by atoms with van der Waals surface area (Å²) in [7, 11) is 0. The van der Waals surface area contributed by atoms with Gasteiger partial charge in [0, 0.05) is 18.7 Å². The molecule has 0 fully saturated rings. The summed E-state index contributed by atoms with van der Waals surface area (Å²) >= 11 is 0. The first-order valence-corrected chi connectivity index (χ1v) is 6.53. The average Bonchev–Trinajstić information content (AvgIpc) is 2.50. The number of carbonyl (C=O) groups excluding carboxylic acids is 1. The number of hydrogen-bond donors (Lipinski definition) is 0. The van der Waals surface area contributed by atoms with E-state index < -0.39 is 5.82 Å². The lowest BCUT2D eigenvalue weighted by Crippen LogP contribution is -2.26. The number of carbonyl (C=O) groups is 1. The Bertz CT molecular complexity index is 644. The Morgan fingerprint density at radius 3 is 2.62 bits per heavy atom. The Kier molecular flexibility index (Phi) is 4.71. The van der Waals surface area contributed by atoms with Gasteiger partial charge in [-0.15, -0.1) is 4.91 Å². The minimum Gasteiger partial charge on any atom is -0.274 e. The van der Waals surface area contributed by atoms with E-state index in [1.54, 1.807) is 0 Å². The number of anilines is 2. The molecule has 0 aliphatic carbocycles. The molecule has 2 rings (SSSR count). The van der Waals surface area contributed by atoms with E-state index in [4.69, 9.17) is 0 Å². The molecule has 0 N–H and O–H groups in total. The molecule has 0 aliphatic rings. The third kappa shape index (κ3) is 3.47. The molecule has 108 valence electrons. The summed E-state index contributed by atoms with van der Waals surface area (Å²) < 4.78 is 13.0. The summed E-state index contributed by atoms with van der Waals surface area (Å²) in [4.78, 5) is 28.4. The number of nitroso groups, excluding NO2 is 1. The maximum atomic E-state index is 13.0. The number of benzene rings is 1. The number of amides is 1. The highest BCUT2D eigenvalue weighted by Gasteiger charge is 2.19. The molecular weight excluding hydrogens is 273 g/mol. The van der Waals surface area contributed by atoms with Crippen LogP contribution in [0.25, 0.3) is 0 Å². The SMILES string of the molecule is CCCC(=O)N(c1ccc(F)cc1)c1cc(N=O)ccn1. The fraction of sp³-hybridized carbons (Fsp3) is 0.200. The zero-order valence-corrected chi connectivity index (χ0v) is 11.5. The summed E-state index contributed by atoms with van der Waals surface area (Å²) in [6.45, 7) is 1.89. The lowest BCUT2D eigenvalue weighted by atomic mass is 10.2. The molecule has 1 amide bonds. The first-order chi connectivity index (χ1) is 10.2. The van der Waals surface area contributed by atoms with Crippen LogP contribution >= 0.6 is 0 Å². The minimum atomic E-state index is -0.391. The number of nitrogens with zero attached hydrogens (tertiary/aromatic N) is 3. The van der Waals surface area contributed by atoms with Gasteiger partial charge in [-0.25, -0.2) is 9.37 Å². The van der Waals surface area contributed by atoms with Crippen molar-refractivity contribution in [1.82, 2.24) is 4.98 Å². The molecule has 0 saturated carbocycles. The molecule has 21 heavy (non-hydrogen) atoms. The molecule has 0 atom stereocenters. The van der Waals surface area contributed by atoms with Gasteiger partial charge in [-0.3, -0.25) is 9.69 Å². The monoisotopic (exact) mass is 287 g/mol. The molecule has 0 bridgehead atoms. The van der Waals surface area contributed by atoms with Crippen molar-refractivity contribution < 1.29 is 9.18 Å². The zero-order valence-electron chi connectivity index (χ0n) is 11.5. The van der Waals surface area contributed by atoms with Gasteiger partial charge in [-0.2, -0.15) is 0 Å². The van der Waals surface area contributed by atoms with Crippen LogP contribution in [0.3, 0.4) is 0 Å². The van der Waals surface area contributed by atoms with Gasteiger partial charge in [0.15, 0.2) is 0 Å². The largest absolute Gasteiger partial charge is 0.274 e. The van der Waals surface area contributed by atoms with Crippen LogP contribution in [-0.4, -0.2) is 10.9 Å². The number of halogens is 1. The van der Waals surface area contributed by atoms with E-state index in [2.05, 4.69) is 10.2 Å². The quantitative estimate of drug-likeness (QED) is 0.778. The van der Waals surface area contributed by atoms with E-state index in [-0.39, 0.29) is 17.4 Å². The van der Waals surface area contributed by atoms with Gasteiger partial charge < -0.3 is 0 Å². The molecule has 6 heteroatoms. The van der Waals surface area contributed by atoms with Crippen molar-refractivity contribution in [2.24, 2.45) is 5.18 Å². The van der Waals surface area contributed by atoms with E-state index in [1.165, 1.54) is 47.5 Å². The molecule has 1 aromatic carbocycles. The highest BCUT2D eigenvalue weighted by molar-refractivity contribution is 5.99. The fourth-order valence-electron chi connectivity index (χ4n) is 1.91. The van der Waals surface area contributed by atoms with Crippen molar-refractivity contribution in [1.29, 1.82) is 0 Å². The van der Waals surface area contributed by atoms with Gasteiger partial charge in [0.1, 0.15) is 17.3 Å². The Labute approximate surface area is 121 Å². The van der Waals surface area contributed by atoms with Crippen LogP contribution in [0.15, 0.2) is 47.8 Å². The first-order valence-electron chi connectivity index (χ1n) is 6.53. The Balaban J connectivity index is 2.46. The van der Waals surface area contributed by atoms with Crippen LogP contribution in [0.5, 0.6) is 0 Å². The van der Waals surface area contributed by atoms with E-state index in [1.807, 2.05) is 6.92 Å². The van der Waals surface area contributed by atoms with Gasteiger partial charge in [-0.05, 0) is 41.9 Å². The number of pyridine rings is 1. The second-order valence-electron chi connectivity index (χ2n) is 4.42. The highest BCUT2D eigenvalue weighted by atomic mass is 19.1. The first kappa shape index (κ1) is 14.8. The average molecular weight is 287 g/mol. The van der Waals surface area contributed by atoms with Crippen molar-refractivity contribution in [2.75, 3.05) is 4.90 Å². The third-order valence-corrected chi connectivity index (χ3v) is 2.86. The van der Waals surface area contributed by atoms with Crippen LogP contribution in [0.4, 0.5) is 21.6 Å². The number of rotatable bonds is 5. The fourth-order valence-corrected chi connectivity index (χ4v) is 1.91. The summed E-state index contributed by atoms with van der Waals surface area (Å²) in [5.74, 6) is -0.283. The summed E-state index contributed by atoms with van der Waals surface area (Å²) in [5, 5.41) is 2.84. The lowest BCUT2D eigenvalue weighted by molar-refractivity contribution is -0.117. The lowest BCUT2D eigenvalue weighted by Gasteiger charge is -2.21. The molecule has 0 unspecified atom stereocenters. The van der Waals surface area contributed by atoms with Gasteiger partial charge >= 0.3 is 0 Å². The summed E-state index contributed by atoms with van der Waals surface area (Å²) in [6.07, 6.45) is 2.39. The number of hydrogen-bond acceptors (Lipinski definition) is 4. The molecular formula is C15H14FN3O2. The molecule has 0 aliphatic heterocycles. The topological polar surface area (TPSA) is 62.6 Å². The maximum absolute atomic E-state index is 13.0. The van der Waals surface area contributed by atoms with E-state index in [0.29, 0.717) is 18.5 Å². The molecule has 1 heterocycles. The molecule has 2 aromatic rings. The Morgan fingerprint density at radius 1 is 1.29 bits per heavy atom. The standard InChI is InChI=1S/C15H14FN3O2/c1-2-3-15(20)19(13-6-4-11(16)5-7-13)14-10-12(18-21)8-9-17-14/h4-10H,2-3H2,1H3. The smallest absolute Gasteiger partial charge is 0.232 e. The van der Waals surface area contributed by atoms with Crippen LogP contribution in [0.2, 0.25) is 0 Å². The third-order valence-electron chi connectivity index (χ3n) is 2.86. The second-order valence-corrected chi connectivity index (χ2v) is 4.42. The predicted octanol–water partition coefficient (Wildman–Crippen LogP) is 4.08. The molecule has 0 saturated heterocycles. The molecule has 0 spiro atoms. The van der Waals surface area contributed by atoms with Crippen molar-refractivity contribution in [3.05, 3.63) is 53.3 Å². The van der Waals surface area contributed by atoms with Gasteiger partial charge in [0.2, 0.25) is 5.91 Å². The number of aromatic nitrogens is 1. The van der Waals surface area contributed by atoms with Crippen LogP contribution in [0, 0.1) is 10.7 Å². The summed E-state index contributed by atoms with van der Waals surface area (Å²) in [5.41, 5.74) is 0.668. The van der Waals surface area contributed by atoms with Crippen molar-refractivity contribution in [3.8, 4) is 0 Å². The second kappa shape index (κ2) is 6.69. The van der Waals surface area contributed by atoms with Crippen molar-refractivity contribution >= 4 is 23.1 Å². The van der Waals surface area contributed by atoms with E-state index >= 15 is 0 Å². The van der Waals surface area contributed by atoms with Gasteiger partial charge in [-0.1, -0.05) is 6.92 Å². The molecule has 0 radical (unpaired) electrons. The van der Waals surface area contributed by atoms with Crippen molar-refractivity contribution in [2.45, 2.75) is 19.8 Å². The zero-order chi connectivity index (χ0) is 15.2. The maximum Gasteiger partial charge on any atom is 0.232 e. The van der Waals surface area contributed by atoms with Gasteiger partial charge in [0.05, 0.1) is 5.69 Å². The van der Waals surface area contributed by atoms with E-state index in [9.17, 15) is 14.1 Å². The molecule has 5 nitrogen and oxygen atoms in total. The normalized spacial score (nSPS) is 10.2. The Morgan fingerprint density at radius 2 is 2.00 bits per heavy atom. The van der Waals surface area contributed by atoms with Crippen LogP contribution < -0.4 is 4.90 Å². The summed E-state index contributed by atoms with van der Waals surface area (Å²) in [6, 6.07) is 8.39. The van der Waals surface area contributed by atoms with Crippen LogP contribution in [0.1, 0.15) is 19.8 Å². The van der Waals surface area contributed by atoms with Crippen molar-refractivity contribution in [3.63, 3.8) is 0 Å². The van der Waals surface area contributed by atoms with E-state index in [0.717, 1.165) is 0 Å². The Hall–Kier alpha value is -2.63. The highest BCUT2D eigenvalue weighted by Crippen LogP contribution is 2.27. The van der Waals surface area contributed by atoms with Crippen LogP contribution in [-0.2, 0) is 4.79 Å². The van der Waals surface area contributed by atoms with Gasteiger partial charge in [0.25, 0.3) is 0 Å².